The van der Waals surface area contributed by atoms with Crippen LogP contribution in [0.2, 0.25) is 0 Å². The summed E-state index contributed by atoms with van der Waals surface area (Å²) in [4.78, 5) is 56.3. The van der Waals surface area contributed by atoms with Crippen LogP contribution in [-0.2, 0) is 14.3 Å². The maximum Gasteiger partial charge on any atom is 0.241 e. The molecule has 7 heteroatoms. The van der Waals surface area contributed by atoms with Gasteiger partial charge in [-0.25, -0.2) is 4.90 Å². The van der Waals surface area contributed by atoms with Gasteiger partial charge in [0.15, 0.2) is 0 Å². The van der Waals surface area contributed by atoms with E-state index in [0.717, 1.165) is 14.0 Å². The Bertz CT molecular complexity index is 1380. The van der Waals surface area contributed by atoms with Crippen LogP contribution in [0.3, 0.4) is 0 Å². The zero-order valence-electron chi connectivity index (χ0n) is 18.0. The quantitative estimate of drug-likeness (QED) is 0.264. The number of fused-ring (bicyclic) bond motifs is 3. The summed E-state index contributed by atoms with van der Waals surface area (Å²) in [5.41, 5.74) is 0.516. The SMILES string of the molecule is Cc1ccc([C@H]2OC3(C(=O)c4ccccc4C3=O)[C@H]3C(=O)N(c4ccccc4I)C(=O)[C@@H]23)cc1. The van der Waals surface area contributed by atoms with Crippen LogP contribution in [0.25, 0.3) is 0 Å². The molecule has 3 aromatic rings. The summed E-state index contributed by atoms with van der Waals surface area (Å²) < 4.78 is 7.01. The topological polar surface area (TPSA) is 80.8 Å². The predicted octanol–water partition coefficient (Wildman–Crippen LogP) is 4.29. The van der Waals surface area contributed by atoms with Crippen LogP contribution in [0.15, 0.2) is 72.8 Å². The normalized spacial score (nSPS) is 24.8. The van der Waals surface area contributed by atoms with E-state index in [1.807, 2.05) is 37.3 Å². The van der Waals surface area contributed by atoms with Crippen molar-refractivity contribution in [3.8, 4) is 0 Å². The lowest BCUT2D eigenvalue weighted by molar-refractivity contribution is -0.127. The summed E-state index contributed by atoms with van der Waals surface area (Å²) in [6.07, 6.45) is -0.907. The maximum atomic E-state index is 13.9. The molecule has 2 saturated heterocycles. The number of rotatable bonds is 2. The van der Waals surface area contributed by atoms with Gasteiger partial charge in [-0.1, -0.05) is 66.2 Å². The summed E-state index contributed by atoms with van der Waals surface area (Å²) in [5.74, 6) is -4.38. The van der Waals surface area contributed by atoms with E-state index in [1.165, 1.54) is 0 Å². The number of ether oxygens (including phenoxy) is 1. The first kappa shape index (κ1) is 21.4. The fourth-order valence-electron chi connectivity index (χ4n) is 5.44. The molecule has 6 nitrogen and oxygen atoms in total. The second kappa shape index (κ2) is 7.41. The van der Waals surface area contributed by atoms with Crippen molar-refractivity contribution in [2.45, 2.75) is 18.6 Å². The molecule has 34 heavy (non-hydrogen) atoms. The van der Waals surface area contributed by atoms with Crippen molar-refractivity contribution in [2.24, 2.45) is 11.8 Å². The lowest BCUT2D eigenvalue weighted by Gasteiger charge is -2.27. The summed E-state index contributed by atoms with van der Waals surface area (Å²) in [6.45, 7) is 1.94. The van der Waals surface area contributed by atoms with Gasteiger partial charge in [0.25, 0.3) is 0 Å². The van der Waals surface area contributed by atoms with Crippen molar-refractivity contribution in [3.63, 3.8) is 0 Å². The number of carbonyl (C=O) groups excluding carboxylic acids is 4. The highest BCUT2D eigenvalue weighted by molar-refractivity contribution is 14.1. The van der Waals surface area contributed by atoms with Gasteiger partial charge in [0, 0.05) is 14.7 Å². The number of amides is 2. The zero-order valence-corrected chi connectivity index (χ0v) is 20.2. The number of carbonyl (C=O) groups is 4. The van der Waals surface area contributed by atoms with Crippen LogP contribution in [0.4, 0.5) is 5.69 Å². The number of halogens is 1. The average molecular weight is 563 g/mol. The third kappa shape index (κ3) is 2.65. The van der Waals surface area contributed by atoms with Crippen LogP contribution in [0.5, 0.6) is 0 Å². The van der Waals surface area contributed by atoms with Crippen molar-refractivity contribution < 1.29 is 23.9 Å². The van der Waals surface area contributed by atoms with Gasteiger partial charge < -0.3 is 4.74 Å². The molecule has 3 aliphatic rings. The number of hydrogen-bond donors (Lipinski definition) is 0. The van der Waals surface area contributed by atoms with Crippen LogP contribution in [0, 0.1) is 22.3 Å². The number of anilines is 1. The Labute approximate surface area is 209 Å². The summed E-state index contributed by atoms with van der Waals surface area (Å²) in [5, 5.41) is 0. The predicted molar refractivity (Wildman–Crippen MR) is 131 cm³/mol. The van der Waals surface area contributed by atoms with Crippen molar-refractivity contribution in [1.82, 2.24) is 0 Å². The first-order valence-corrected chi connectivity index (χ1v) is 12.0. The van der Waals surface area contributed by atoms with E-state index in [2.05, 4.69) is 22.6 Å². The molecule has 3 aromatic carbocycles. The van der Waals surface area contributed by atoms with Crippen molar-refractivity contribution in [2.75, 3.05) is 4.90 Å². The molecule has 0 N–H and O–H groups in total. The average Bonchev–Trinajstić information content (AvgIpc) is 3.40. The smallest absolute Gasteiger partial charge is 0.241 e. The Kier molecular flexibility index (Phi) is 4.66. The molecule has 0 aromatic heterocycles. The second-order valence-corrected chi connectivity index (χ2v) is 10.0. The van der Waals surface area contributed by atoms with Gasteiger partial charge in [0.05, 0.1) is 23.6 Å². The van der Waals surface area contributed by atoms with Crippen LogP contribution in [-0.4, -0.2) is 29.0 Å². The molecule has 2 aliphatic heterocycles. The van der Waals surface area contributed by atoms with Crippen molar-refractivity contribution in [3.05, 3.63) is 98.6 Å². The summed E-state index contributed by atoms with van der Waals surface area (Å²) in [7, 11) is 0. The van der Waals surface area contributed by atoms with Gasteiger partial charge in [-0.05, 0) is 47.2 Å². The lowest BCUT2D eigenvalue weighted by Crippen LogP contribution is -2.51. The standard InChI is InChI=1S/C27H18INO5/c1-14-10-12-15(13-11-14)22-20-21(26(33)29(25(20)32)19-9-5-4-8-18(19)28)27(34-22)23(30)16-6-2-3-7-17(16)24(27)31/h2-13,20-22H,1H3/t20-,21-,22-/m1/s1. The number of nitrogens with zero attached hydrogens (tertiary/aromatic N) is 1. The summed E-state index contributed by atoms with van der Waals surface area (Å²) >= 11 is 2.07. The van der Waals surface area contributed by atoms with E-state index >= 15 is 0 Å². The number of imide groups is 1. The first-order valence-electron chi connectivity index (χ1n) is 10.9. The highest BCUT2D eigenvalue weighted by Gasteiger charge is 2.74. The van der Waals surface area contributed by atoms with E-state index in [4.69, 9.17) is 4.74 Å². The molecular formula is C27H18INO5. The lowest BCUT2D eigenvalue weighted by atomic mass is 9.77. The Morgan fingerprint density at radius 3 is 2.00 bits per heavy atom. The Hall–Kier alpha value is -3.17. The molecule has 0 bridgehead atoms. The Morgan fingerprint density at radius 1 is 0.794 bits per heavy atom. The molecule has 6 rings (SSSR count). The van der Waals surface area contributed by atoms with E-state index in [-0.39, 0.29) is 11.1 Å². The molecule has 2 amide bonds. The van der Waals surface area contributed by atoms with E-state index in [0.29, 0.717) is 11.3 Å². The fourth-order valence-corrected chi connectivity index (χ4v) is 6.07. The molecular weight excluding hydrogens is 545 g/mol. The Morgan fingerprint density at radius 2 is 1.38 bits per heavy atom. The molecule has 0 saturated carbocycles. The van der Waals surface area contributed by atoms with E-state index < -0.39 is 46.9 Å². The molecule has 0 unspecified atom stereocenters. The van der Waals surface area contributed by atoms with E-state index in [1.54, 1.807) is 42.5 Å². The van der Waals surface area contributed by atoms with Crippen LogP contribution < -0.4 is 4.90 Å². The van der Waals surface area contributed by atoms with Gasteiger partial charge >= 0.3 is 0 Å². The number of para-hydroxylation sites is 1. The van der Waals surface area contributed by atoms with E-state index in [9.17, 15) is 19.2 Å². The minimum atomic E-state index is -2.05. The monoisotopic (exact) mass is 563 g/mol. The largest absolute Gasteiger partial charge is 0.349 e. The fraction of sp³-hybridized carbons (Fsp3) is 0.185. The Balaban J connectivity index is 1.56. The van der Waals surface area contributed by atoms with Gasteiger partial charge in [-0.3, -0.25) is 19.2 Å². The maximum absolute atomic E-state index is 13.9. The molecule has 168 valence electrons. The second-order valence-electron chi connectivity index (χ2n) is 8.86. The number of benzene rings is 3. The highest BCUT2D eigenvalue weighted by Crippen LogP contribution is 2.57. The molecule has 1 aliphatic carbocycles. The van der Waals surface area contributed by atoms with Gasteiger partial charge in [0.1, 0.15) is 0 Å². The van der Waals surface area contributed by atoms with Crippen molar-refractivity contribution in [1.29, 1.82) is 0 Å². The zero-order chi connectivity index (χ0) is 23.8. The number of ketones is 2. The summed E-state index contributed by atoms with van der Waals surface area (Å²) in [6, 6.07) is 20.9. The number of hydrogen-bond acceptors (Lipinski definition) is 5. The highest BCUT2D eigenvalue weighted by atomic mass is 127. The third-order valence-electron chi connectivity index (χ3n) is 7.02. The molecule has 2 heterocycles. The minimum absolute atomic E-state index is 0.226. The molecule has 2 fully saturated rings. The first-order chi connectivity index (χ1) is 16.4. The third-order valence-corrected chi connectivity index (χ3v) is 7.93. The van der Waals surface area contributed by atoms with Crippen LogP contribution >= 0.6 is 22.6 Å². The van der Waals surface area contributed by atoms with Gasteiger partial charge in [-0.15, -0.1) is 0 Å². The van der Waals surface area contributed by atoms with Gasteiger partial charge in [0.2, 0.25) is 29.0 Å². The number of aryl methyl sites for hydroxylation is 1. The number of Topliss-reactive ketones (excluding diaryl/α,β-unsaturated/α-hetero) is 2. The van der Waals surface area contributed by atoms with Crippen LogP contribution in [0.1, 0.15) is 37.9 Å². The van der Waals surface area contributed by atoms with Crippen molar-refractivity contribution >= 4 is 51.7 Å². The molecule has 0 radical (unpaired) electrons. The molecule has 1 spiro atoms. The van der Waals surface area contributed by atoms with Gasteiger partial charge in [-0.2, -0.15) is 0 Å². The minimum Gasteiger partial charge on any atom is -0.349 e. The molecule has 3 atom stereocenters.